The topological polar surface area (TPSA) is 3.88 Å². The van der Waals surface area contributed by atoms with Gasteiger partial charge in [0, 0.05) is 11.6 Å². The van der Waals surface area contributed by atoms with Crippen LogP contribution in [0.5, 0.6) is 0 Å². The fraction of sp³-hybridized carbons (Fsp3) is 0.348. The van der Waals surface area contributed by atoms with Gasteiger partial charge in [-0.05, 0) is 66.8 Å². The summed E-state index contributed by atoms with van der Waals surface area (Å²) in [7, 11) is 1.85. The summed E-state index contributed by atoms with van der Waals surface area (Å²) in [5.41, 5.74) is 5.41. The first kappa shape index (κ1) is 12.2. The molecule has 1 aliphatic rings. The van der Waals surface area contributed by atoms with E-state index in [1.165, 1.54) is 31.2 Å². The predicted octanol–water partition coefficient (Wildman–Crippen LogP) is 5.61. The standard InChI is InChI=1S/C23H26N/c1-16-7-6-10-21(17(16)2)23-22-12-11-19(18-8-4-5-9-18)15-20(22)13-14-24(23)3/h6-7,10-15,18H,4-5,8-9H2,1-3H3/q+1/i6D,13D,14D. The lowest BCUT2D eigenvalue weighted by Gasteiger charge is -2.13. The molecule has 0 N–H and O–H groups in total. The van der Waals surface area contributed by atoms with E-state index in [0.29, 0.717) is 12.0 Å². The zero-order valence-corrected chi connectivity index (χ0v) is 14.7. The monoisotopic (exact) mass is 319 g/mol. The predicted molar refractivity (Wildman–Crippen MR) is 101 cm³/mol. The lowest BCUT2D eigenvalue weighted by atomic mass is 9.92. The molecule has 0 aliphatic heterocycles. The van der Waals surface area contributed by atoms with E-state index in [0.717, 1.165) is 33.2 Å². The third kappa shape index (κ3) is 2.53. The van der Waals surface area contributed by atoms with Crippen LogP contribution in [0.3, 0.4) is 0 Å². The van der Waals surface area contributed by atoms with E-state index < -0.39 is 0 Å². The largest absolute Gasteiger partial charge is 0.220 e. The van der Waals surface area contributed by atoms with Gasteiger partial charge in [0.1, 0.15) is 8.42 Å². The van der Waals surface area contributed by atoms with Gasteiger partial charge in [0.15, 0.2) is 6.17 Å². The molecular formula is C23H26N+. The van der Waals surface area contributed by atoms with Crippen molar-refractivity contribution in [1.82, 2.24) is 0 Å². The maximum absolute atomic E-state index is 8.55. The quantitative estimate of drug-likeness (QED) is 0.541. The highest BCUT2D eigenvalue weighted by atomic mass is 14.9. The van der Waals surface area contributed by atoms with Gasteiger partial charge in [0.2, 0.25) is 5.69 Å². The van der Waals surface area contributed by atoms with Crippen molar-refractivity contribution < 1.29 is 8.68 Å². The number of pyridine rings is 1. The van der Waals surface area contributed by atoms with E-state index in [2.05, 4.69) is 25.1 Å². The average molecular weight is 319 g/mol. The first-order chi connectivity index (χ1) is 12.9. The minimum atomic E-state index is 0.216. The molecule has 24 heavy (non-hydrogen) atoms. The van der Waals surface area contributed by atoms with Crippen molar-refractivity contribution >= 4 is 10.8 Å². The van der Waals surface area contributed by atoms with Crippen molar-refractivity contribution in [3.8, 4) is 11.3 Å². The minimum absolute atomic E-state index is 0.216. The molecule has 1 nitrogen and oxygen atoms in total. The lowest BCUT2D eigenvalue weighted by molar-refractivity contribution is -0.659. The summed E-state index contributed by atoms with van der Waals surface area (Å²) >= 11 is 0. The van der Waals surface area contributed by atoms with E-state index in [4.69, 9.17) is 4.11 Å². The highest BCUT2D eigenvalue weighted by Gasteiger charge is 2.20. The summed E-state index contributed by atoms with van der Waals surface area (Å²) in [5.74, 6) is 0.584. The van der Waals surface area contributed by atoms with Crippen LogP contribution in [-0.2, 0) is 7.05 Å². The third-order valence-corrected chi connectivity index (χ3v) is 5.60. The number of fused-ring (bicyclic) bond motifs is 1. The van der Waals surface area contributed by atoms with Crippen LogP contribution in [0.4, 0.5) is 0 Å². The van der Waals surface area contributed by atoms with Crippen LogP contribution < -0.4 is 4.57 Å². The van der Waals surface area contributed by atoms with Gasteiger partial charge in [-0.3, -0.25) is 0 Å². The zero-order chi connectivity index (χ0) is 19.3. The van der Waals surface area contributed by atoms with Crippen molar-refractivity contribution in [3.05, 3.63) is 65.3 Å². The molecule has 122 valence electrons. The van der Waals surface area contributed by atoms with Gasteiger partial charge >= 0.3 is 0 Å². The van der Waals surface area contributed by atoms with Crippen molar-refractivity contribution in [1.29, 1.82) is 0 Å². The minimum Gasteiger partial charge on any atom is -0.200 e. The second kappa shape index (κ2) is 6.05. The van der Waals surface area contributed by atoms with Gasteiger partial charge in [0.25, 0.3) is 0 Å². The maximum Gasteiger partial charge on any atom is 0.220 e. The number of aromatic nitrogens is 1. The second-order valence-corrected chi connectivity index (χ2v) is 7.11. The molecule has 1 fully saturated rings. The molecule has 0 radical (unpaired) electrons. The SMILES string of the molecule is [2H]c1cc(C)c(C)c(-c2c3ccc(C4CCCC4)cc3c([2H])c([2H])[n+]2C)c1. The summed E-state index contributed by atoms with van der Waals surface area (Å²) in [6, 6.07) is 11.0. The lowest BCUT2D eigenvalue weighted by Crippen LogP contribution is -2.30. The summed E-state index contributed by atoms with van der Waals surface area (Å²) in [4.78, 5) is 0. The molecule has 3 aromatic rings. The van der Waals surface area contributed by atoms with Crippen LogP contribution in [0.2, 0.25) is 0 Å². The normalized spacial score (nSPS) is 17.0. The summed E-state index contributed by atoms with van der Waals surface area (Å²) < 4.78 is 27.0. The zero-order valence-electron chi connectivity index (χ0n) is 17.7. The smallest absolute Gasteiger partial charge is 0.200 e. The molecular weight excluding hydrogens is 290 g/mol. The molecule has 1 aromatic heterocycles. The van der Waals surface area contributed by atoms with Crippen LogP contribution in [0, 0.1) is 13.8 Å². The summed E-state index contributed by atoms with van der Waals surface area (Å²) in [6.45, 7) is 4.10. The van der Waals surface area contributed by atoms with Gasteiger partial charge in [0.05, 0.1) is 8.13 Å². The van der Waals surface area contributed by atoms with Gasteiger partial charge in [-0.2, -0.15) is 0 Å². The molecule has 0 bridgehead atoms. The Morgan fingerprint density at radius 2 is 1.88 bits per heavy atom. The molecule has 0 spiro atoms. The number of hydrogen-bond donors (Lipinski definition) is 0. The van der Waals surface area contributed by atoms with E-state index in [1.807, 2.05) is 26.1 Å². The average Bonchev–Trinajstić information content (AvgIpc) is 3.18. The van der Waals surface area contributed by atoms with Crippen LogP contribution in [0.25, 0.3) is 22.0 Å². The molecule has 4 rings (SSSR count). The number of aryl methyl sites for hydroxylation is 1. The van der Waals surface area contributed by atoms with Crippen LogP contribution in [0.1, 0.15) is 52.4 Å². The van der Waals surface area contributed by atoms with E-state index in [-0.39, 0.29) is 12.2 Å². The molecule has 0 saturated heterocycles. The van der Waals surface area contributed by atoms with Crippen molar-refractivity contribution in [2.75, 3.05) is 0 Å². The fourth-order valence-electron chi connectivity index (χ4n) is 4.02. The molecule has 0 unspecified atom stereocenters. The van der Waals surface area contributed by atoms with Crippen molar-refractivity contribution in [2.24, 2.45) is 7.05 Å². The van der Waals surface area contributed by atoms with Crippen LogP contribution in [-0.4, -0.2) is 0 Å². The van der Waals surface area contributed by atoms with Crippen molar-refractivity contribution in [3.63, 3.8) is 0 Å². The number of rotatable bonds is 2. The molecule has 0 atom stereocenters. The molecule has 1 heterocycles. The van der Waals surface area contributed by atoms with Gasteiger partial charge in [-0.1, -0.05) is 37.1 Å². The maximum atomic E-state index is 8.55. The second-order valence-electron chi connectivity index (χ2n) is 7.11. The Labute approximate surface area is 149 Å². The molecule has 1 saturated carbocycles. The number of hydrogen-bond acceptors (Lipinski definition) is 0. The number of nitrogens with zero attached hydrogens (tertiary/aromatic N) is 1. The Hall–Kier alpha value is -2.15. The first-order valence-corrected chi connectivity index (χ1v) is 8.89. The molecule has 2 aromatic carbocycles. The van der Waals surface area contributed by atoms with Gasteiger partial charge in [-0.15, -0.1) is 0 Å². The third-order valence-electron chi connectivity index (χ3n) is 5.60. The van der Waals surface area contributed by atoms with E-state index >= 15 is 0 Å². The Morgan fingerprint density at radius 3 is 2.67 bits per heavy atom. The molecule has 1 heteroatoms. The van der Waals surface area contributed by atoms with Crippen molar-refractivity contribution in [2.45, 2.75) is 45.4 Å². The highest BCUT2D eigenvalue weighted by molar-refractivity contribution is 5.94. The Balaban J connectivity index is 2.03. The summed E-state index contributed by atoms with van der Waals surface area (Å²) in [5, 5.41) is 1.85. The van der Waals surface area contributed by atoms with E-state index in [9.17, 15) is 0 Å². The Kier molecular flexibility index (Phi) is 3.09. The molecule has 1 aliphatic carbocycles. The Bertz CT molecular complexity index is 1050. The first-order valence-electron chi connectivity index (χ1n) is 10.4. The number of benzene rings is 2. The van der Waals surface area contributed by atoms with Crippen LogP contribution in [0.15, 0.2) is 48.6 Å². The fourth-order valence-corrected chi connectivity index (χ4v) is 4.02. The highest BCUT2D eigenvalue weighted by Crippen LogP contribution is 2.36. The van der Waals surface area contributed by atoms with Gasteiger partial charge in [-0.25, -0.2) is 4.57 Å². The Morgan fingerprint density at radius 1 is 1.08 bits per heavy atom. The molecule has 0 amide bonds. The summed E-state index contributed by atoms with van der Waals surface area (Å²) in [6.07, 6.45) is 5.22. The van der Waals surface area contributed by atoms with Gasteiger partial charge < -0.3 is 0 Å². The van der Waals surface area contributed by atoms with Crippen LogP contribution >= 0.6 is 0 Å². The van der Waals surface area contributed by atoms with E-state index in [1.54, 1.807) is 4.57 Å².